The highest BCUT2D eigenvalue weighted by Gasteiger charge is 2.38. The molecule has 0 spiro atoms. The largest absolute Gasteiger partial charge is 0.493 e. The number of rotatable bonds is 7. The van der Waals surface area contributed by atoms with Crippen LogP contribution in [0.1, 0.15) is 18.1 Å². The van der Waals surface area contributed by atoms with Crippen LogP contribution in [0.4, 0.5) is 0 Å². The van der Waals surface area contributed by atoms with Crippen LogP contribution in [0.3, 0.4) is 0 Å². The van der Waals surface area contributed by atoms with Crippen LogP contribution in [0, 0.1) is 0 Å². The lowest BCUT2D eigenvalue weighted by Crippen LogP contribution is -2.42. The molecule has 1 fully saturated rings. The zero-order chi connectivity index (χ0) is 22.5. The Morgan fingerprint density at radius 2 is 1.90 bits per heavy atom. The van der Waals surface area contributed by atoms with Gasteiger partial charge in [0.2, 0.25) is 0 Å². The normalized spacial score (nSPS) is 15.9. The smallest absolute Gasteiger partial charge is 0.328 e. The van der Waals surface area contributed by atoms with Gasteiger partial charge in [0.15, 0.2) is 11.5 Å². The molecule has 1 amide bonds. The van der Waals surface area contributed by atoms with Gasteiger partial charge in [-0.2, -0.15) is 0 Å². The topological polar surface area (TPSA) is 65.1 Å². The van der Waals surface area contributed by atoms with Crippen LogP contribution in [-0.2, 0) is 20.9 Å². The summed E-state index contributed by atoms with van der Waals surface area (Å²) in [4.78, 5) is 26.3. The standard InChI is InChI=1S/C22H20ClNO5S2/c1-13(21(26)28-3)24-20(25)19(31-22(24)30)11-15-6-9-17(18(10-15)27-2)29-12-14-4-7-16(23)8-5-14/h4-11,13H,12H2,1-3H3/b19-11-. The highest BCUT2D eigenvalue weighted by Crippen LogP contribution is 2.36. The van der Waals surface area contributed by atoms with Gasteiger partial charge in [-0.25, -0.2) is 4.79 Å². The van der Waals surface area contributed by atoms with E-state index in [0.29, 0.717) is 32.4 Å². The van der Waals surface area contributed by atoms with Crippen LogP contribution in [0.15, 0.2) is 47.4 Å². The van der Waals surface area contributed by atoms with Gasteiger partial charge in [0.05, 0.1) is 19.1 Å². The lowest BCUT2D eigenvalue weighted by molar-refractivity contribution is -0.147. The maximum absolute atomic E-state index is 12.8. The number of methoxy groups -OCH3 is 2. The fraction of sp³-hybridized carbons (Fsp3) is 0.227. The summed E-state index contributed by atoms with van der Waals surface area (Å²) in [6.07, 6.45) is 1.70. The van der Waals surface area contributed by atoms with Crippen LogP contribution >= 0.6 is 35.6 Å². The summed E-state index contributed by atoms with van der Waals surface area (Å²) in [5, 5.41) is 0.664. The Labute approximate surface area is 195 Å². The number of benzene rings is 2. The number of esters is 1. The van der Waals surface area contributed by atoms with E-state index in [1.807, 2.05) is 18.2 Å². The zero-order valence-corrected chi connectivity index (χ0v) is 19.5. The van der Waals surface area contributed by atoms with Crippen molar-refractivity contribution < 1.29 is 23.8 Å². The lowest BCUT2D eigenvalue weighted by atomic mass is 10.1. The van der Waals surface area contributed by atoms with Crippen molar-refractivity contribution in [3.63, 3.8) is 0 Å². The van der Waals surface area contributed by atoms with E-state index in [0.717, 1.165) is 22.9 Å². The highest BCUT2D eigenvalue weighted by molar-refractivity contribution is 8.26. The minimum Gasteiger partial charge on any atom is -0.493 e. The highest BCUT2D eigenvalue weighted by atomic mass is 35.5. The Bertz CT molecular complexity index is 1040. The average Bonchev–Trinajstić information content (AvgIpc) is 3.05. The first-order valence-electron chi connectivity index (χ1n) is 9.24. The molecule has 0 radical (unpaired) electrons. The number of halogens is 1. The van der Waals surface area contributed by atoms with E-state index >= 15 is 0 Å². The summed E-state index contributed by atoms with van der Waals surface area (Å²) in [6, 6.07) is 12.0. The molecule has 1 saturated heterocycles. The molecule has 1 aliphatic rings. The Kier molecular flexibility index (Phi) is 7.59. The van der Waals surface area contributed by atoms with Crippen molar-refractivity contribution in [3.8, 4) is 11.5 Å². The van der Waals surface area contributed by atoms with Gasteiger partial charge in [-0.3, -0.25) is 9.69 Å². The Hall–Kier alpha value is -2.55. The number of ether oxygens (including phenoxy) is 3. The molecule has 6 nitrogen and oxygen atoms in total. The van der Waals surface area contributed by atoms with Crippen molar-refractivity contribution >= 4 is 57.9 Å². The number of amides is 1. The lowest BCUT2D eigenvalue weighted by Gasteiger charge is -2.20. The summed E-state index contributed by atoms with van der Waals surface area (Å²) in [5.74, 6) is 0.235. The fourth-order valence-electron chi connectivity index (χ4n) is 2.88. The van der Waals surface area contributed by atoms with Crippen LogP contribution in [0.25, 0.3) is 6.08 Å². The minimum absolute atomic E-state index is 0.309. The second-order valence-electron chi connectivity index (χ2n) is 6.58. The molecule has 1 heterocycles. The van der Waals surface area contributed by atoms with Gasteiger partial charge in [-0.1, -0.05) is 53.8 Å². The van der Waals surface area contributed by atoms with E-state index in [2.05, 4.69) is 0 Å². The molecule has 1 aliphatic heterocycles. The molecule has 0 N–H and O–H groups in total. The quantitative estimate of drug-likeness (QED) is 0.325. The molecule has 1 atom stereocenters. The summed E-state index contributed by atoms with van der Waals surface area (Å²) in [7, 11) is 2.82. The van der Waals surface area contributed by atoms with Gasteiger partial charge in [-0.05, 0) is 48.4 Å². The third-order valence-corrected chi connectivity index (χ3v) is 6.13. The van der Waals surface area contributed by atoms with E-state index in [9.17, 15) is 9.59 Å². The van der Waals surface area contributed by atoms with Gasteiger partial charge in [0, 0.05) is 5.02 Å². The SMILES string of the molecule is COC(=O)C(C)N1C(=O)/C(=C/c2ccc(OCc3ccc(Cl)cc3)c(OC)c2)SC1=S. The molecule has 31 heavy (non-hydrogen) atoms. The fourth-order valence-corrected chi connectivity index (χ4v) is 4.42. The molecule has 162 valence electrons. The number of thiocarbonyl (C=S) groups is 1. The van der Waals surface area contributed by atoms with Crippen LogP contribution < -0.4 is 9.47 Å². The summed E-state index contributed by atoms with van der Waals surface area (Å²) < 4.78 is 16.3. The summed E-state index contributed by atoms with van der Waals surface area (Å²) in [5.41, 5.74) is 1.71. The number of hydrogen-bond acceptors (Lipinski definition) is 7. The van der Waals surface area contributed by atoms with Crippen molar-refractivity contribution in [2.24, 2.45) is 0 Å². The average molecular weight is 478 g/mol. The van der Waals surface area contributed by atoms with Gasteiger partial charge in [0.1, 0.15) is 17.0 Å². The molecule has 0 aromatic heterocycles. The molecular weight excluding hydrogens is 458 g/mol. The zero-order valence-electron chi connectivity index (χ0n) is 17.1. The summed E-state index contributed by atoms with van der Waals surface area (Å²) in [6.45, 7) is 1.94. The first kappa shape index (κ1) is 23.1. The molecule has 2 aromatic carbocycles. The van der Waals surface area contributed by atoms with Crippen molar-refractivity contribution in [1.29, 1.82) is 0 Å². The Morgan fingerprint density at radius 3 is 2.55 bits per heavy atom. The molecule has 0 bridgehead atoms. The van der Waals surface area contributed by atoms with E-state index in [4.69, 9.17) is 38.0 Å². The second kappa shape index (κ2) is 10.2. The molecule has 3 rings (SSSR count). The third kappa shape index (κ3) is 5.39. The first-order chi connectivity index (χ1) is 14.8. The van der Waals surface area contributed by atoms with Gasteiger partial charge in [0.25, 0.3) is 5.91 Å². The van der Waals surface area contributed by atoms with E-state index in [1.54, 1.807) is 44.4 Å². The van der Waals surface area contributed by atoms with Crippen LogP contribution in [0.5, 0.6) is 11.5 Å². The number of carbonyl (C=O) groups excluding carboxylic acids is 2. The monoisotopic (exact) mass is 477 g/mol. The second-order valence-corrected chi connectivity index (χ2v) is 8.69. The number of hydrogen-bond donors (Lipinski definition) is 0. The minimum atomic E-state index is -0.790. The number of thioether (sulfide) groups is 1. The molecule has 0 aliphatic carbocycles. The van der Waals surface area contributed by atoms with E-state index in [-0.39, 0.29) is 5.91 Å². The van der Waals surface area contributed by atoms with Gasteiger partial charge in [-0.15, -0.1) is 0 Å². The van der Waals surface area contributed by atoms with Crippen LogP contribution in [-0.4, -0.2) is 41.4 Å². The molecule has 1 unspecified atom stereocenters. The molecule has 2 aromatic rings. The molecular formula is C22H20ClNO5S2. The Morgan fingerprint density at radius 1 is 1.19 bits per heavy atom. The van der Waals surface area contributed by atoms with E-state index in [1.165, 1.54) is 12.0 Å². The van der Waals surface area contributed by atoms with Gasteiger partial charge >= 0.3 is 5.97 Å². The molecule has 9 heteroatoms. The van der Waals surface area contributed by atoms with Gasteiger partial charge < -0.3 is 14.2 Å². The van der Waals surface area contributed by atoms with Crippen molar-refractivity contribution in [1.82, 2.24) is 4.90 Å². The third-order valence-electron chi connectivity index (χ3n) is 4.55. The predicted octanol–water partition coefficient (Wildman–Crippen LogP) is 4.69. The van der Waals surface area contributed by atoms with Crippen molar-refractivity contribution in [2.45, 2.75) is 19.6 Å². The van der Waals surface area contributed by atoms with Crippen molar-refractivity contribution in [3.05, 3.63) is 63.5 Å². The maximum Gasteiger partial charge on any atom is 0.328 e. The first-order valence-corrected chi connectivity index (χ1v) is 10.8. The molecule has 0 saturated carbocycles. The van der Waals surface area contributed by atoms with E-state index < -0.39 is 12.0 Å². The number of carbonyl (C=O) groups is 2. The summed E-state index contributed by atoms with van der Waals surface area (Å²) >= 11 is 12.3. The predicted molar refractivity (Wildman–Crippen MR) is 125 cm³/mol. The van der Waals surface area contributed by atoms with Crippen LogP contribution in [0.2, 0.25) is 5.02 Å². The number of nitrogens with zero attached hydrogens (tertiary/aromatic N) is 1. The van der Waals surface area contributed by atoms with Crippen molar-refractivity contribution in [2.75, 3.05) is 14.2 Å². The maximum atomic E-state index is 12.8. The Balaban J connectivity index is 1.76.